The molecule has 120 valence electrons. The summed E-state index contributed by atoms with van der Waals surface area (Å²) in [6, 6.07) is 8.72. The number of carboxylic acid groups (broad SMARTS) is 1. The molecular formula is C15H11Cl3N2O3. The lowest BCUT2D eigenvalue weighted by molar-refractivity contribution is -0.137. The fraction of sp³-hybridized carbons (Fsp3) is 0.133. The zero-order chi connectivity index (χ0) is 17.0. The number of rotatable bonds is 5. The van der Waals surface area contributed by atoms with Gasteiger partial charge in [0.2, 0.25) is 0 Å². The first-order chi connectivity index (χ1) is 10.9. The van der Waals surface area contributed by atoms with Crippen molar-refractivity contribution in [3.8, 4) is 0 Å². The number of benzene rings is 1. The van der Waals surface area contributed by atoms with E-state index in [2.05, 4.69) is 10.3 Å². The Hall–Kier alpha value is -1.82. The molecule has 0 aliphatic heterocycles. The molecule has 2 N–H and O–H groups in total. The van der Waals surface area contributed by atoms with Crippen molar-refractivity contribution in [3.63, 3.8) is 0 Å². The highest BCUT2D eigenvalue weighted by Gasteiger charge is 2.23. The maximum absolute atomic E-state index is 12.3. The zero-order valence-electron chi connectivity index (χ0n) is 11.6. The number of amides is 1. The van der Waals surface area contributed by atoms with Crippen LogP contribution in [0.5, 0.6) is 0 Å². The van der Waals surface area contributed by atoms with Crippen LogP contribution in [0.25, 0.3) is 0 Å². The Morgan fingerprint density at radius 3 is 2.43 bits per heavy atom. The maximum atomic E-state index is 12.3. The summed E-state index contributed by atoms with van der Waals surface area (Å²) < 4.78 is 0. The molecular weight excluding hydrogens is 363 g/mol. The SMILES string of the molecule is O=C(O)C[C@H](NC(=O)c1nc(Cl)ccc1Cl)c1ccccc1Cl. The van der Waals surface area contributed by atoms with Crippen molar-refractivity contribution in [1.29, 1.82) is 0 Å². The molecule has 0 unspecified atom stereocenters. The van der Waals surface area contributed by atoms with E-state index in [1.54, 1.807) is 24.3 Å². The van der Waals surface area contributed by atoms with Crippen molar-refractivity contribution in [2.24, 2.45) is 0 Å². The summed E-state index contributed by atoms with van der Waals surface area (Å²) in [7, 11) is 0. The highest BCUT2D eigenvalue weighted by atomic mass is 35.5. The van der Waals surface area contributed by atoms with Crippen molar-refractivity contribution >= 4 is 46.7 Å². The van der Waals surface area contributed by atoms with Crippen molar-refractivity contribution in [3.05, 3.63) is 62.9 Å². The van der Waals surface area contributed by atoms with E-state index in [9.17, 15) is 9.59 Å². The van der Waals surface area contributed by atoms with Crippen LogP contribution in [0.1, 0.15) is 28.5 Å². The lowest BCUT2D eigenvalue weighted by Gasteiger charge is -2.18. The van der Waals surface area contributed by atoms with Crippen molar-refractivity contribution in [2.45, 2.75) is 12.5 Å². The number of aliphatic carboxylic acids is 1. The largest absolute Gasteiger partial charge is 0.481 e. The van der Waals surface area contributed by atoms with E-state index in [4.69, 9.17) is 39.9 Å². The van der Waals surface area contributed by atoms with Crippen LogP contribution in [0.2, 0.25) is 15.2 Å². The van der Waals surface area contributed by atoms with E-state index in [0.29, 0.717) is 10.6 Å². The summed E-state index contributed by atoms with van der Waals surface area (Å²) >= 11 is 17.8. The van der Waals surface area contributed by atoms with E-state index in [1.807, 2.05) is 0 Å². The molecule has 0 saturated carbocycles. The van der Waals surface area contributed by atoms with Crippen LogP contribution in [0, 0.1) is 0 Å². The molecule has 0 radical (unpaired) electrons. The fourth-order valence-electron chi connectivity index (χ4n) is 1.98. The van der Waals surface area contributed by atoms with E-state index in [1.165, 1.54) is 12.1 Å². The third-order valence-electron chi connectivity index (χ3n) is 2.99. The zero-order valence-corrected chi connectivity index (χ0v) is 13.9. The minimum absolute atomic E-state index is 0.0818. The topological polar surface area (TPSA) is 79.3 Å². The number of aromatic nitrogens is 1. The number of pyridine rings is 1. The van der Waals surface area contributed by atoms with Crippen molar-refractivity contribution < 1.29 is 14.7 Å². The lowest BCUT2D eigenvalue weighted by atomic mass is 10.0. The summed E-state index contributed by atoms with van der Waals surface area (Å²) in [5, 5.41) is 12.2. The second-order valence-electron chi connectivity index (χ2n) is 4.61. The molecule has 1 atom stereocenters. The third kappa shape index (κ3) is 4.58. The number of nitrogens with one attached hydrogen (secondary N) is 1. The first kappa shape index (κ1) is 17.5. The van der Waals surface area contributed by atoms with Crippen LogP contribution in [0.4, 0.5) is 0 Å². The Morgan fingerprint density at radius 2 is 1.78 bits per heavy atom. The Morgan fingerprint density at radius 1 is 1.09 bits per heavy atom. The Bertz CT molecular complexity index is 752. The van der Waals surface area contributed by atoms with Gasteiger partial charge in [0.1, 0.15) is 10.8 Å². The van der Waals surface area contributed by atoms with Crippen molar-refractivity contribution in [1.82, 2.24) is 10.3 Å². The highest BCUT2D eigenvalue weighted by Crippen LogP contribution is 2.26. The van der Waals surface area contributed by atoms with Gasteiger partial charge in [-0.25, -0.2) is 4.98 Å². The van der Waals surface area contributed by atoms with Gasteiger partial charge in [-0.2, -0.15) is 0 Å². The Balaban J connectivity index is 2.31. The number of halogens is 3. The van der Waals surface area contributed by atoms with Gasteiger partial charge in [0, 0.05) is 5.02 Å². The van der Waals surface area contributed by atoms with Gasteiger partial charge in [-0.1, -0.05) is 53.0 Å². The summed E-state index contributed by atoms with van der Waals surface area (Å²) in [6.45, 7) is 0. The minimum atomic E-state index is -1.08. The van der Waals surface area contributed by atoms with Gasteiger partial charge in [0.15, 0.2) is 0 Å². The molecule has 0 fully saturated rings. The molecule has 1 heterocycles. The fourth-order valence-corrected chi connectivity index (χ4v) is 2.58. The smallest absolute Gasteiger partial charge is 0.305 e. The van der Waals surface area contributed by atoms with Gasteiger partial charge in [-0.3, -0.25) is 9.59 Å². The molecule has 0 aliphatic carbocycles. The van der Waals surface area contributed by atoms with Gasteiger partial charge >= 0.3 is 5.97 Å². The van der Waals surface area contributed by atoms with Crippen molar-refractivity contribution in [2.75, 3.05) is 0 Å². The molecule has 0 spiro atoms. The van der Waals surface area contributed by atoms with Gasteiger partial charge < -0.3 is 10.4 Å². The van der Waals surface area contributed by atoms with Crippen LogP contribution >= 0.6 is 34.8 Å². The first-order valence-electron chi connectivity index (χ1n) is 6.47. The third-order valence-corrected chi connectivity index (χ3v) is 3.85. The second kappa shape index (κ2) is 7.64. The number of hydrogen-bond acceptors (Lipinski definition) is 3. The van der Waals surface area contributed by atoms with Crippen LogP contribution in [0.15, 0.2) is 36.4 Å². The van der Waals surface area contributed by atoms with Crippen LogP contribution < -0.4 is 5.32 Å². The lowest BCUT2D eigenvalue weighted by Crippen LogP contribution is -2.31. The molecule has 0 bridgehead atoms. The van der Waals surface area contributed by atoms with Gasteiger partial charge in [-0.05, 0) is 23.8 Å². The molecule has 23 heavy (non-hydrogen) atoms. The van der Waals surface area contributed by atoms with E-state index in [-0.39, 0.29) is 22.3 Å². The standard InChI is InChI=1S/C15H11Cl3N2O3/c16-9-4-2-1-3-8(9)11(7-13(21)22)19-15(23)14-10(17)5-6-12(18)20-14/h1-6,11H,7H2,(H,19,23)(H,21,22)/t11-/m0/s1. The van der Waals surface area contributed by atoms with Crippen LogP contribution in [0.3, 0.4) is 0 Å². The highest BCUT2D eigenvalue weighted by molar-refractivity contribution is 6.34. The van der Waals surface area contributed by atoms with Gasteiger partial charge in [0.25, 0.3) is 5.91 Å². The van der Waals surface area contributed by atoms with Crippen LogP contribution in [-0.2, 0) is 4.79 Å². The minimum Gasteiger partial charge on any atom is -0.481 e. The van der Waals surface area contributed by atoms with Gasteiger partial charge in [0.05, 0.1) is 17.5 Å². The molecule has 2 aromatic rings. The first-order valence-corrected chi connectivity index (χ1v) is 7.61. The second-order valence-corrected chi connectivity index (χ2v) is 5.81. The molecule has 2 rings (SSSR count). The van der Waals surface area contributed by atoms with Crippen LogP contribution in [-0.4, -0.2) is 22.0 Å². The number of nitrogens with zero attached hydrogens (tertiary/aromatic N) is 1. The van der Waals surface area contributed by atoms with E-state index >= 15 is 0 Å². The summed E-state index contributed by atoms with van der Waals surface area (Å²) in [4.78, 5) is 27.3. The maximum Gasteiger partial charge on any atom is 0.305 e. The molecule has 5 nitrogen and oxygen atoms in total. The normalized spacial score (nSPS) is 11.8. The molecule has 1 aromatic heterocycles. The molecule has 1 amide bonds. The molecule has 8 heteroatoms. The number of carboxylic acids is 1. The number of carbonyl (C=O) groups excluding carboxylic acids is 1. The predicted molar refractivity (Wildman–Crippen MR) is 88.2 cm³/mol. The van der Waals surface area contributed by atoms with E-state index < -0.39 is 17.9 Å². The van der Waals surface area contributed by atoms with E-state index in [0.717, 1.165) is 0 Å². The Labute approximate surface area is 147 Å². The number of hydrogen-bond donors (Lipinski definition) is 2. The molecule has 1 aromatic carbocycles. The molecule has 0 saturated heterocycles. The average molecular weight is 374 g/mol. The summed E-state index contributed by atoms with van der Waals surface area (Å²) in [6.07, 6.45) is -0.340. The average Bonchev–Trinajstić information content (AvgIpc) is 2.49. The molecule has 0 aliphatic rings. The Kier molecular flexibility index (Phi) is 5.82. The predicted octanol–water partition coefficient (Wildman–Crippen LogP) is 3.99. The summed E-state index contributed by atoms with van der Waals surface area (Å²) in [5.74, 6) is -1.72. The summed E-state index contributed by atoms with van der Waals surface area (Å²) in [5.41, 5.74) is 0.407. The number of carbonyl (C=O) groups is 2. The van der Waals surface area contributed by atoms with Gasteiger partial charge in [-0.15, -0.1) is 0 Å². The quantitative estimate of drug-likeness (QED) is 0.777. The monoisotopic (exact) mass is 372 g/mol.